The van der Waals surface area contributed by atoms with Crippen molar-refractivity contribution in [3.8, 4) is 5.88 Å². The highest BCUT2D eigenvalue weighted by Gasteiger charge is 2.11. The molecule has 21 heavy (non-hydrogen) atoms. The first-order valence-electron chi connectivity index (χ1n) is 7.42. The molecule has 0 unspecified atom stereocenters. The molecule has 0 radical (unpaired) electrons. The van der Waals surface area contributed by atoms with E-state index in [1.165, 1.54) is 19.3 Å². The summed E-state index contributed by atoms with van der Waals surface area (Å²) in [4.78, 5) is 10.9. The van der Waals surface area contributed by atoms with Gasteiger partial charge in [-0.1, -0.05) is 13.0 Å². The number of aromatic nitrogens is 1. The normalized spacial score (nSPS) is 15.5. The lowest BCUT2D eigenvalue weighted by Crippen LogP contribution is -2.40. The van der Waals surface area contributed by atoms with E-state index in [0.29, 0.717) is 25.0 Å². The summed E-state index contributed by atoms with van der Waals surface area (Å²) in [5.41, 5.74) is 7.07. The van der Waals surface area contributed by atoms with Crippen LogP contribution < -0.4 is 10.5 Å². The number of guanidine groups is 1. The monoisotopic (exact) mass is 404 g/mol. The van der Waals surface area contributed by atoms with Crippen LogP contribution in [-0.2, 0) is 6.54 Å². The summed E-state index contributed by atoms with van der Waals surface area (Å²) in [5.74, 6) is 1.32. The molecule has 0 saturated carbocycles. The number of hydrogen-bond donors (Lipinski definition) is 1. The summed E-state index contributed by atoms with van der Waals surface area (Å²) >= 11 is 0. The van der Waals surface area contributed by atoms with E-state index in [1.807, 2.05) is 12.1 Å². The average Bonchev–Trinajstić information content (AvgIpc) is 2.52. The van der Waals surface area contributed by atoms with Crippen molar-refractivity contribution in [1.82, 2.24) is 9.88 Å². The topological polar surface area (TPSA) is 63.7 Å². The number of pyridine rings is 1. The van der Waals surface area contributed by atoms with E-state index in [-0.39, 0.29) is 24.0 Å². The number of aliphatic imine (C=N–C) groups is 1. The largest absolute Gasteiger partial charge is 0.478 e. The van der Waals surface area contributed by atoms with Gasteiger partial charge in [0.1, 0.15) is 0 Å². The second kappa shape index (κ2) is 9.81. The Morgan fingerprint density at radius 3 is 2.71 bits per heavy atom. The molecule has 1 aromatic heterocycles. The first kappa shape index (κ1) is 18.0. The summed E-state index contributed by atoms with van der Waals surface area (Å²) < 4.78 is 5.45. The van der Waals surface area contributed by atoms with Gasteiger partial charge in [-0.3, -0.25) is 0 Å². The Labute approximate surface area is 144 Å². The average molecular weight is 404 g/mol. The highest BCUT2D eigenvalue weighted by molar-refractivity contribution is 14.0. The highest BCUT2D eigenvalue weighted by atomic mass is 127. The van der Waals surface area contributed by atoms with Crippen molar-refractivity contribution < 1.29 is 4.74 Å². The van der Waals surface area contributed by atoms with Gasteiger partial charge in [-0.25, -0.2) is 9.98 Å². The maximum Gasteiger partial charge on any atom is 0.213 e. The van der Waals surface area contributed by atoms with Gasteiger partial charge in [0.05, 0.1) is 13.2 Å². The Morgan fingerprint density at radius 2 is 2.10 bits per heavy atom. The van der Waals surface area contributed by atoms with E-state index in [9.17, 15) is 0 Å². The molecule has 0 atom stereocenters. The quantitative estimate of drug-likeness (QED) is 0.466. The van der Waals surface area contributed by atoms with Crippen LogP contribution in [0.3, 0.4) is 0 Å². The van der Waals surface area contributed by atoms with Crippen LogP contribution in [0.2, 0.25) is 0 Å². The van der Waals surface area contributed by atoms with Crippen molar-refractivity contribution in [1.29, 1.82) is 0 Å². The van der Waals surface area contributed by atoms with Crippen molar-refractivity contribution in [3.63, 3.8) is 0 Å². The first-order valence-corrected chi connectivity index (χ1v) is 7.42. The summed E-state index contributed by atoms with van der Waals surface area (Å²) in [6.07, 6.45) is 6.51. The van der Waals surface area contributed by atoms with Gasteiger partial charge < -0.3 is 15.4 Å². The van der Waals surface area contributed by atoms with Crippen LogP contribution in [0.25, 0.3) is 0 Å². The molecule has 0 aromatic carbocycles. The van der Waals surface area contributed by atoms with E-state index in [0.717, 1.165) is 25.1 Å². The molecule has 0 aliphatic carbocycles. The van der Waals surface area contributed by atoms with E-state index in [4.69, 9.17) is 10.5 Å². The molecule has 2 rings (SSSR count). The Hall–Kier alpha value is -1.05. The molecule has 5 nitrogen and oxygen atoms in total. The molecule has 1 aliphatic rings. The number of hydrogen-bond acceptors (Lipinski definition) is 3. The molecule has 2 heterocycles. The van der Waals surface area contributed by atoms with Crippen molar-refractivity contribution in [3.05, 3.63) is 23.9 Å². The van der Waals surface area contributed by atoms with Crippen molar-refractivity contribution in [2.75, 3.05) is 19.7 Å². The summed E-state index contributed by atoms with van der Waals surface area (Å²) in [6, 6.07) is 3.88. The lowest BCUT2D eigenvalue weighted by Gasteiger charge is -2.27. The molecule has 1 aliphatic heterocycles. The number of rotatable bonds is 5. The lowest BCUT2D eigenvalue weighted by molar-refractivity contribution is 0.305. The minimum atomic E-state index is 0. The minimum Gasteiger partial charge on any atom is -0.478 e. The molecule has 0 bridgehead atoms. The Kier molecular flexibility index (Phi) is 8.41. The summed E-state index contributed by atoms with van der Waals surface area (Å²) in [7, 11) is 0. The van der Waals surface area contributed by atoms with Gasteiger partial charge in [0.2, 0.25) is 5.88 Å². The van der Waals surface area contributed by atoms with Crippen LogP contribution in [0.5, 0.6) is 5.88 Å². The first-order chi connectivity index (χ1) is 9.79. The zero-order valence-electron chi connectivity index (χ0n) is 12.6. The smallest absolute Gasteiger partial charge is 0.213 e. The number of nitrogens with two attached hydrogens (primary N) is 1. The Balaban J connectivity index is 0.00000220. The molecular formula is C15H25IN4O. The zero-order valence-corrected chi connectivity index (χ0v) is 15.0. The van der Waals surface area contributed by atoms with E-state index >= 15 is 0 Å². The van der Waals surface area contributed by atoms with Crippen LogP contribution in [0, 0.1) is 0 Å². The third kappa shape index (κ3) is 6.07. The number of likely N-dealkylation sites (tertiary alicyclic amines) is 1. The third-order valence-corrected chi connectivity index (χ3v) is 3.36. The molecule has 0 amide bonds. The Morgan fingerprint density at radius 1 is 1.33 bits per heavy atom. The highest BCUT2D eigenvalue weighted by Crippen LogP contribution is 2.10. The SMILES string of the molecule is CCCOc1ccc(CN=C(N)N2CCCCC2)cn1.I. The molecule has 118 valence electrons. The van der Waals surface area contributed by atoms with Crippen LogP contribution >= 0.6 is 24.0 Å². The van der Waals surface area contributed by atoms with Crippen LogP contribution in [0.15, 0.2) is 23.3 Å². The number of nitrogens with zero attached hydrogens (tertiary/aromatic N) is 3. The molecule has 6 heteroatoms. The second-order valence-corrected chi connectivity index (χ2v) is 5.08. The van der Waals surface area contributed by atoms with Gasteiger partial charge in [-0.15, -0.1) is 24.0 Å². The predicted octanol–water partition coefficient (Wildman–Crippen LogP) is 2.79. The van der Waals surface area contributed by atoms with Gasteiger partial charge in [-0.05, 0) is 31.2 Å². The molecule has 0 spiro atoms. The number of ether oxygens (including phenoxy) is 1. The molecular weight excluding hydrogens is 379 g/mol. The molecule has 1 saturated heterocycles. The molecule has 1 fully saturated rings. The maximum absolute atomic E-state index is 6.02. The molecule has 2 N–H and O–H groups in total. The predicted molar refractivity (Wildman–Crippen MR) is 96.2 cm³/mol. The zero-order chi connectivity index (χ0) is 14.2. The van der Waals surface area contributed by atoms with E-state index in [2.05, 4.69) is 21.8 Å². The fraction of sp³-hybridized carbons (Fsp3) is 0.600. The fourth-order valence-corrected chi connectivity index (χ4v) is 2.19. The van der Waals surface area contributed by atoms with Gasteiger partial charge in [0.15, 0.2) is 5.96 Å². The Bertz CT molecular complexity index is 430. The van der Waals surface area contributed by atoms with Gasteiger partial charge >= 0.3 is 0 Å². The lowest BCUT2D eigenvalue weighted by atomic mass is 10.1. The standard InChI is InChI=1S/C15H24N4O.HI/c1-2-10-20-14-7-6-13(11-17-14)12-18-15(16)19-8-4-3-5-9-19;/h6-7,11H,2-5,8-10,12H2,1H3,(H2,16,18);1H. The summed E-state index contributed by atoms with van der Waals surface area (Å²) in [5, 5.41) is 0. The molecule has 1 aromatic rings. The van der Waals surface area contributed by atoms with Crippen LogP contribution in [0.4, 0.5) is 0 Å². The van der Waals surface area contributed by atoms with Crippen molar-refractivity contribution in [2.24, 2.45) is 10.7 Å². The number of piperidine rings is 1. The van der Waals surface area contributed by atoms with Crippen molar-refractivity contribution >= 4 is 29.9 Å². The number of halogens is 1. The van der Waals surface area contributed by atoms with E-state index < -0.39 is 0 Å². The fourth-order valence-electron chi connectivity index (χ4n) is 2.19. The van der Waals surface area contributed by atoms with Crippen molar-refractivity contribution in [2.45, 2.75) is 39.2 Å². The van der Waals surface area contributed by atoms with Gasteiger partial charge in [-0.2, -0.15) is 0 Å². The third-order valence-electron chi connectivity index (χ3n) is 3.36. The van der Waals surface area contributed by atoms with Crippen LogP contribution in [-0.4, -0.2) is 35.5 Å². The minimum absolute atomic E-state index is 0. The van der Waals surface area contributed by atoms with Crippen LogP contribution in [0.1, 0.15) is 38.2 Å². The maximum atomic E-state index is 6.02. The van der Waals surface area contributed by atoms with Gasteiger partial charge in [0, 0.05) is 25.4 Å². The second-order valence-electron chi connectivity index (χ2n) is 5.08. The summed E-state index contributed by atoms with van der Waals surface area (Å²) in [6.45, 7) is 5.40. The van der Waals surface area contributed by atoms with E-state index in [1.54, 1.807) is 6.20 Å². The van der Waals surface area contributed by atoms with Gasteiger partial charge in [0.25, 0.3) is 0 Å².